The molecule has 1 rings (SSSR count). The molecule has 13 heavy (non-hydrogen) atoms. The summed E-state index contributed by atoms with van der Waals surface area (Å²) in [6, 6.07) is 0. The van der Waals surface area contributed by atoms with Crippen LogP contribution in [0.1, 0.15) is 13.3 Å². The van der Waals surface area contributed by atoms with Gasteiger partial charge in [-0.25, -0.2) is 0 Å². The molecule has 1 amide bonds. The summed E-state index contributed by atoms with van der Waals surface area (Å²) in [4.78, 5) is 23.7. The van der Waals surface area contributed by atoms with Crippen molar-refractivity contribution in [2.45, 2.75) is 13.3 Å². The molecule has 0 spiro atoms. The first-order chi connectivity index (χ1) is 6.24. The smallest absolute Gasteiger partial charge is 0.223 e. The average molecular weight is 201 g/mol. The molecule has 3 nitrogen and oxygen atoms in total. The summed E-state index contributed by atoms with van der Waals surface area (Å²) in [6.45, 7) is 3.23. The minimum absolute atomic E-state index is 0.0351. The van der Waals surface area contributed by atoms with Crippen molar-refractivity contribution in [2.24, 2.45) is 5.92 Å². The molecule has 0 aromatic carbocycles. The number of carbonyl (C=O) groups excluding carboxylic acids is 2. The lowest BCUT2D eigenvalue weighted by Crippen LogP contribution is -2.35. The molecule has 0 saturated carbocycles. The highest BCUT2D eigenvalue weighted by molar-refractivity contribution is 7.99. The number of carbonyl (C=O) groups is 2. The van der Waals surface area contributed by atoms with E-state index in [-0.39, 0.29) is 11.8 Å². The van der Waals surface area contributed by atoms with E-state index in [1.807, 2.05) is 18.7 Å². The van der Waals surface area contributed by atoms with Crippen molar-refractivity contribution in [3.05, 3.63) is 0 Å². The summed E-state index contributed by atoms with van der Waals surface area (Å²) in [5.74, 6) is 2.08. The summed E-state index contributed by atoms with van der Waals surface area (Å²) in [5, 5.41) is 0. The third-order valence-corrected chi connectivity index (χ3v) is 3.02. The fourth-order valence-corrected chi connectivity index (χ4v) is 2.18. The Bertz CT molecular complexity index is 196. The monoisotopic (exact) mass is 201 g/mol. The van der Waals surface area contributed by atoms with Crippen LogP contribution in [0.5, 0.6) is 0 Å². The number of nitrogens with zero attached hydrogens (tertiary/aromatic N) is 1. The van der Waals surface area contributed by atoms with Crippen molar-refractivity contribution in [3.8, 4) is 0 Å². The predicted molar refractivity (Wildman–Crippen MR) is 53.8 cm³/mol. The van der Waals surface area contributed by atoms with Gasteiger partial charge in [0.15, 0.2) is 0 Å². The van der Waals surface area contributed by atoms with Gasteiger partial charge >= 0.3 is 0 Å². The van der Waals surface area contributed by atoms with Gasteiger partial charge in [-0.05, 0) is 0 Å². The maximum atomic E-state index is 11.5. The third-order valence-electron chi connectivity index (χ3n) is 2.06. The van der Waals surface area contributed by atoms with Gasteiger partial charge < -0.3 is 9.69 Å². The molecule has 1 aliphatic heterocycles. The van der Waals surface area contributed by atoms with E-state index < -0.39 is 0 Å². The van der Waals surface area contributed by atoms with Gasteiger partial charge in [-0.15, -0.1) is 0 Å². The van der Waals surface area contributed by atoms with Crippen LogP contribution in [0.25, 0.3) is 0 Å². The van der Waals surface area contributed by atoms with Crippen LogP contribution in [-0.2, 0) is 9.59 Å². The van der Waals surface area contributed by atoms with E-state index >= 15 is 0 Å². The highest BCUT2D eigenvalue weighted by Crippen LogP contribution is 2.12. The molecule has 74 valence electrons. The van der Waals surface area contributed by atoms with E-state index in [1.54, 1.807) is 4.90 Å². The van der Waals surface area contributed by atoms with Crippen molar-refractivity contribution in [2.75, 3.05) is 24.6 Å². The zero-order valence-electron chi connectivity index (χ0n) is 7.86. The van der Waals surface area contributed by atoms with Gasteiger partial charge in [-0.2, -0.15) is 11.8 Å². The highest BCUT2D eigenvalue weighted by Gasteiger charge is 2.18. The molecule has 4 heteroatoms. The second-order valence-electron chi connectivity index (χ2n) is 3.32. The molecule has 0 bridgehead atoms. The fraction of sp³-hybridized carbons (Fsp3) is 0.778. The van der Waals surface area contributed by atoms with Gasteiger partial charge in [0.1, 0.15) is 6.29 Å². The molecular weight excluding hydrogens is 186 g/mol. The van der Waals surface area contributed by atoms with E-state index in [4.69, 9.17) is 0 Å². The average Bonchev–Trinajstić information content (AvgIpc) is 2.32. The normalized spacial score (nSPS) is 21.0. The zero-order valence-corrected chi connectivity index (χ0v) is 8.68. The first-order valence-electron chi connectivity index (χ1n) is 4.55. The van der Waals surface area contributed by atoms with Crippen LogP contribution in [-0.4, -0.2) is 41.7 Å². The molecule has 1 unspecified atom stereocenters. The molecule has 1 heterocycles. The Balaban J connectivity index is 2.44. The lowest BCUT2D eigenvalue weighted by atomic mass is 10.2. The lowest BCUT2D eigenvalue weighted by Gasteiger charge is -2.21. The van der Waals surface area contributed by atoms with E-state index in [9.17, 15) is 9.59 Å². The number of amides is 1. The lowest BCUT2D eigenvalue weighted by molar-refractivity contribution is -0.131. The van der Waals surface area contributed by atoms with E-state index in [0.29, 0.717) is 13.0 Å². The molecular formula is C9H15NO2S. The van der Waals surface area contributed by atoms with Gasteiger partial charge in [0, 0.05) is 36.9 Å². The zero-order chi connectivity index (χ0) is 9.68. The molecule has 0 radical (unpaired) electrons. The summed E-state index contributed by atoms with van der Waals surface area (Å²) in [6.07, 6.45) is 1.53. The Morgan fingerprint density at radius 3 is 3.08 bits per heavy atom. The Morgan fingerprint density at radius 1 is 1.62 bits per heavy atom. The molecule has 0 aromatic heterocycles. The third kappa shape index (κ3) is 3.38. The van der Waals surface area contributed by atoms with Crippen molar-refractivity contribution in [1.82, 2.24) is 4.90 Å². The Morgan fingerprint density at radius 2 is 2.38 bits per heavy atom. The molecule has 0 aromatic rings. The van der Waals surface area contributed by atoms with Crippen LogP contribution >= 0.6 is 11.8 Å². The second-order valence-corrected chi connectivity index (χ2v) is 4.54. The SMILES string of the molecule is CC(C=O)CN1CCSCCC1=O. The molecule has 1 saturated heterocycles. The molecule has 0 N–H and O–H groups in total. The van der Waals surface area contributed by atoms with Crippen molar-refractivity contribution in [3.63, 3.8) is 0 Å². The van der Waals surface area contributed by atoms with Gasteiger partial charge in [0.2, 0.25) is 5.91 Å². The van der Waals surface area contributed by atoms with Gasteiger partial charge in [0.25, 0.3) is 0 Å². The van der Waals surface area contributed by atoms with Gasteiger partial charge in [-0.3, -0.25) is 4.79 Å². The molecule has 1 aliphatic rings. The Kier molecular flexibility index (Phi) is 4.28. The number of rotatable bonds is 3. The summed E-state index contributed by atoms with van der Waals surface area (Å²) >= 11 is 1.81. The van der Waals surface area contributed by atoms with Gasteiger partial charge in [0.05, 0.1) is 0 Å². The molecule has 0 aliphatic carbocycles. The van der Waals surface area contributed by atoms with Crippen LogP contribution < -0.4 is 0 Å². The van der Waals surface area contributed by atoms with Crippen molar-refractivity contribution in [1.29, 1.82) is 0 Å². The topological polar surface area (TPSA) is 37.4 Å². The minimum Gasteiger partial charge on any atom is -0.341 e. The minimum atomic E-state index is -0.0351. The maximum Gasteiger partial charge on any atom is 0.223 e. The number of hydrogen-bond acceptors (Lipinski definition) is 3. The molecule has 1 atom stereocenters. The van der Waals surface area contributed by atoms with Gasteiger partial charge in [-0.1, -0.05) is 6.92 Å². The standard InChI is InChI=1S/C9H15NO2S/c1-8(7-11)6-10-3-5-13-4-2-9(10)12/h7-8H,2-6H2,1H3. The fourth-order valence-electron chi connectivity index (χ4n) is 1.30. The highest BCUT2D eigenvalue weighted by atomic mass is 32.2. The maximum absolute atomic E-state index is 11.5. The van der Waals surface area contributed by atoms with Crippen molar-refractivity contribution < 1.29 is 9.59 Å². The predicted octanol–water partition coefficient (Wildman–Crippen LogP) is 0.787. The Hall–Kier alpha value is -0.510. The largest absolute Gasteiger partial charge is 0.341 e. The first-order valence-corrected chi connectivity index (χ1v) is 5.70. The summed E-state index contributed by atoms with van der Waals surface area (Å²) in [7, 11) is 0. The second kappa shape index (κ2) is 5.27. The first kappa shape index (κ1) is 10.6. The van der Waals surface area contributed by atoms with E-state index in [1.165, 1.54) is 0 Å². The summed E-state index contributed by atoms with van der Waals surface area (Å²) in [5.41, 5.74) is 0. The van der Waals surface area contributed by atoms with Crippen LogP contribution in [0.3, 0.4) is 0 Å². The number of hydrogen-bond donors (Lipinski definition) is 0. The van der Waals surface area contributed by atoms with E-state index in [0.717, 1.165) is 24.3 Å². The van der Waals surface area contributed by atoms with E-state index in [2.05, 4.69) is 0 Å². The quantitative estimate of drug-likeness (QED) is 0.633. The van der Waals surface area contributed by atoms with Crippen molar-refractivity contribution >= 4 is 24.0 Å². The molecule has 1 fully saturated rings. The van der Waals surface area contributed by atoms with Crippen LogP contribution in [0, 0.1) is 5.92 Å². The number of thioether (sulfide) groups is 1. The summed E-state index contributed by atoms with van der Waals surface area (Å²) < 4.78 is 0. The number of aldehydes is 1. The Labute approximate surface area is 82.9 Å². The van der Waals surface area contributed by atoms with Crippen LogP contribution in [0.15, 0.2) is 0 Å². The van der Waals surface area contributed by atoms with Crippen LogP contribution in [0.4, 0.5) is 0 Å². The van der Waals surface area contributed by atoms with Crippen LogP contribution in [0.2, 0.25) is 0 Å².